The fraction of sp³-hybridized carbons (Fsp3) is 0.667. The van der Waals surface area contributed by atoms with E-state index in [1.165, 1.54) is 0 Å². The number of likely N-dealkylation sites (tertiary alicyclic amines) is 1. The molecule has 2 saturated heterocycles. The van der Waals surface area contributed by atoms with Gasteiger partial charge in [-0.1, -0.05) is 0 Å². The first-order chi connectivity index (χ1) is 11.0. The van der Waals surface area contributed by atoms with E-state index >= 15 is 0 Å². The van der Waals surface area contributed by atoms with E-state index in [1.54, 1.807) is 19.0 Å². The maximum absolute atomic E-state index is 12.9. The van der Waals surface area contributed by atoms with Crippen molar-refractivity contribution < 1.29 is 13.9 Å². The van der Waals surface area contributed by atoms with E-state index in [2.05, 4.69) is 15.3 Å². The van der Waals surface area contributed by atoms with E-state index in [0.29, 0.717) is 19.1 Å². The van der Waals surface area contributed by atoms with Crippen molar-refractivity contribution in [2.45, 2.75) is 30.9 Å². The van der Waals surface area contributed by atoms with E-state index in [1.807, 2.05) is 4.90 Å². The number of urea groups is 1. The normalized spacial score (nSPS) is 27.3. The Morgan fingerprint density at radius 1 is 1.48 bits per heavy atom. The first-order valence-corrected chi connectivity index (χ1v) is 7.82. The second kappa shape index (κ2) is 6.27. The molecule has 1 aromatic heterocycles. The van der Waals surface area contributed by atoms with E-state index in [4.69, 9.17) is 4.74 Å². The van der Waals surface area contributed by atoms with Crippen LogP contribution in [0, 0.1) is 5.82 Å². The van der Waals surface area contributed by atoms with Crippen LogP contribution in [0.5, 0.6) is 0 Å². The number of carbonyl (C=O) groups is 1. The highest BCUT2D eigenvalue weighted by atomic mass is 19.1. The van der Waals surface area contributed by atoms with Crippen LogP contribution in [0.25, 0.3) is 0 Å². The van der Waals surface area contributed by atoms with Gasteiger partial charge in [-0.15, -0.1) is 0 Å². The van der Waals surface area contributed by atoms with Crippen molar-refractivity contribution in [3.63, 3.8) is 0 Å². The Bertz CT molecular complexity index is 567. The molecule has 0 aliphatic carbocycles. The number of hydrogen-bond acceptors (Lipinski definition) is 5. The Kier molecular flexibility index (Phi) is 4.34. The molecule has 1 N–H and O–H groups in total. The molecule has 0 radical (unpaired) electrons. The van der Waals surface area contributed by atoms with Gasteiger partial charge >= 0.3 is 6.03 Å². The topological polar surface area (TPSA) is 70.6 Å². The van der Waals surface area contributed by atoms with Crippen LogP contribution < -0.4 is 5.32 Å². The van der Waals surface area contributed by atoms with Gasteiger partial charge < -0.3 is 19.9 Å². The number of piperidine rings is 1. The van der Waals surface area contributed by atoms with E-state index < -0.39 is 5.82 Å². The second-order valence-corrected chi connectivity index (χ2v) is 6.47. The monoisotopic (exact) mass is 323 g/mol. The molecule has 1 aromatic rings. The van der Waals surface area contributed by atoms with Crippen LogP contribution in [0.3, 0.4) is 0 Å². The Labute approximate surface area is 134 Å². The molecule has 2 aliphatic heterocycles. The van der Waals surface area contributed by atoms with Crippen LogP contribution in [-0.4, -0.2) is 71.2 Å². The van der Waals surface area contributed by atoms with Crippen molar-refractivity contribution in [1.29, 1.82) is 0 Å². The first kappa shape index (κ1) is 15.9. The number of amides is 2. The van der Waals surface area contributed by atoms with Crippen molar-refractivity contribution in [3.05, 3.63) is 18.2 Å². The standard InChI is InChI=1S/C15H22FN5O2/c1-20(2)14(22)21-5-3-4-15(10-21)6-12(9-23-15)19-13-17-7-11(16)8-18-13/h7-8,12H,3-6,9-10H2,1-2H3,(H,17,18,19)/t12-,15+/m1/s1. The summed E-state index contributed by atoms with van der Waals surface area (Å²) in [4.78, 5) is 23.4. The highest BCUT2D eigenvalue weighted by Crippen LogP contribution is 2.35. The predicted molar refractivity (Wildman–Crippen MR) is 82.6 cm³/mol. The highest BCUT2D eigenvalue weighted by Gasteiger charge is 2.44. The Morgan fingerprint density at radius 2 is 2.22 bits per heavy atom. The van der Waals surface area contributed by atoms with Crippen LogP contribution in [0.1, 0.15) is 19.3 Å². The van der Waals surface area contributed by atoms with Crippen molar-refractivity contribution in [2.75, 3.05) is 39.1 Å². The van der Waals surface area contributed by atoms with Gasteiger partial charge in [0.25, 0.3) is 0 Å². The number of halogens is 1. The van der Waals surface area contributed by atoms with Crippen LogP contribution in [0.15, 0.2) is 12.4 Å². The average molecular weight is 323 g/mol. The number of nitrogens with zero attached hydrogens (tertiary/aromatic N) is 4. The molecule has 3 rings (SSSR count). The summed E-state index contributed by atoms with van der Waals surface area (Å²) >= 11 is 0. The summed E-state index contributed by atoms with van der Waals surface area (Å²) < 4.78 is 18.9. The fourth-order valence-electron chi connectivity index (χ4n) is 3.33. The smallest absolute Gasteiger partial charge is 0.319 e. The van der Waals surface area contributed by atoms with E-state index in [9.17, 15) is 9.18 Å². The number of aromatic nitrogens is 2. The molecule has 0 saturated carbocycles. The van der Waals surface area contributed by atoms with Crippen molar-refractivity contribution in [1.82, 2.24) is 19.8 Å². The molecule has 2 amide bonds. The molecular weight excluding hydrogens is 301 g/mol. The highest BCUT2D eigenvalue weighted by molar-refractivity contribution is 5.74. The summed E-state index contributed by atoms with van der Waals surface area (Å²) in [6, 6.07) is 0.0841. The molecule has 23 heavy (non-hydrogen) atoms. The van der Waals surface area contributed by atoms with Gasteiger partial charge in [0.15, 0.2) is 5.82 Å². The van der Waals surface area contributed by atoms with Crippen LogP contribution in [0.4, 0.5) is 15.1 Å². The van der Waals surface area contributed by atoms with Gasteiger partial charge in [0, 0.05) is 27.1 Å². The lowest BCUT2D eigenvalue weighted by Gasteiger charge is -2.40. The minimum atomic E-state index is -0.459. The molecule has 126 valence electrons. The van der Waals surface area contributed by atoms with Gasteiger partial charge in [-0.2, -0.15) is 0 Å². The SMILES string of the molecule is CN(C)C(=O)N1CCC[C@]2(C[C@@H](Nc3ncc(F)cn3)CO2)C1. The molecule has 1 spiro atoms. The summed E-state index contributed by atoms with van der Waals surface area (Å²) in [6.07, 6.45) is 4.93. The molecule has 2 aliphatic rings. The van der Waals surface area contributed by atoms with Crippen molar-refractivity contribution in [3.8, 4) is 0 Å². The van der Waals surface area contributed by atoms with Crippen molar-refractivity contribution >= 4 is 12.0 Å². The molecule has 8 heteroatoms. The maximum Gasteiger partial charge on any atom is 0.319 e. The third-order valence-corrected chi connectivity index (χ3v) is 4.36. The van der Waals surface area contributed by atoms with Gasteiger partial charge in [0.1, 0.15) is 0 Å². The number of hydrogen-bond donors (Lipinski definition) is 1. The van der Waals surface area contributed by atoms with Gasteiger partial charge in [-0.25, -0.2) is 19.2 Å². The zero-order valence-corrected chi connectivity index (χ0v) is 13.5. The molecular formula is C15H22FN5O2. The van der Waals surface area contributed by atoms with Crippen LogP contribution in [0.2, 0.25) is 0 Å². The minimum absolute atomic E-state index is 0.0194. The minimum Gasteiger partial charge on any atom is -0.371 e. The summed E-state index contributed by atoms with van der Waals surface area (Å²) in [5.41, 5.74) is -0.304. The summed E-state index contributed by atoms with van der Waals surface area (Å²) in [5, 5.41) is 3.18. The zero-order chi connectivity index (χ0) is 16.4. The van der Waals surface area contributed by atoms with Gasteiger partial charge in [0.05, 0.1) is 37.2 Å². The van der Waals surface area contributed by atoms with E-state index in [0.717, 1.165) is 38.2 Å². The Morgan fingerprint density at radius 3 is 2.91 bits per heavy atom. The maximum atomic E-state index is 12.9. The van der Waals surface area contributed by atoms with Crippen molar-refractivity contribution in [2.24, 2.45) is 0 Å². The lowest BCUT2D eigenvalue weighted by molar-refractivity contribution is -0.0430. The molecule has 2 fully saturated rings. The lowest BCUT2D eigenvalue weighted by Crippen LogP contribution is -2.52. The first-order valence-electron chi connectivity index (χ1n) is 7.82. The molecule has 0 unspecified atom stereocenters. The number of ether oxygens (including phenoxy) is 1. The van der Waals surface area contributed by atoms with E-state index in [-0.39, 0.29) is 17.7 Å². The Balaban J connectivity index is 1.61. The fourth-order valence-corrected chi connectivity index (χ4v) is 3.33. The zero-order valence-electron chi connectivity index (χ0n) is 13.5. The summed E-state index contributed by atoms with van der Waals surface area (Å²) in [7, 11) is 3.52. The summed E-state index contributed by atoms with van der Waals surface area (Å²) in [6.45, 7) is 1.90. The third kappa shape index (κ3) is 3.52. The molecule has 3 heterocycles. The summed E-state index contributed by atoms with van der Waals surface area (Å²) in [5.74, 6) is -0.0612. The predicted octanol–water partition coefficient (Wildman–Crippen LogP) is 1.33. The number of anilines is 1. The average Bonchev–Trinajstić information content (AvgIpc) is 2.91. The number of carbonyl (C=O) groups excluding carboxylic acids is 1. The van der Waals surface area contributed by atoms with Gasteiger partial charge in [-0.3, -0.25) is 0 Å². The lowest BCUT2D eigenvalue weighted by atomic mass is 9.89. The van der Waals surface area contributed by atoms with Crippen LogP contribution >= 0.6 is 0 Å². The van der Waals surface area contributed by atoms with Crippen LogP contribution in [-0.2, 0) is 4.74 Å². The third-order valence-electron chi connectivity index (χ3n) is 4.36. The number of nitrogens with one attached hydrogen (secondary N) is 1. The Hall–Kier alpha value is -1.96. The molecule has 2 atom stereocenters. The number of rotatable bonds is 2. The van der Waals surface area contributed by atoms with Gasteiger partial charge in [0.2, 0.25) is 5.95 Å². The quantitative estimate of drug-likeness (QED) is 0.889. The second-order valence-electron chi connectivity index (χ2n) is 6.47. The molecule has 0 aromatic carbocycles. The molecule has 0 bridgehead atoms. The molecule has 7 nitrogen and oxygen atoms in total. The largest absolute Gasteiger partial charge is 0.371 e. The van der Waals surface area contributed by atoms with Gasteiger partial charge in [-0.05, 0) is 12.8 Å².